The summed E-state index contributed by atoms with van der Waals surface area (Å²) in [6.45, 7) is 2.46. The first kappa shape index (κ1) is 17.8. The number of thioether (sulfide) groups is 1. The van der Waals surface area contributed by atoms with Crippen LogP contribution in [-0.2, 0) is 17.8 Å². The highest BCUT2D eigenvalue weighted by Gasteiger charge is 2.32. The van der Waals surface area contributed by atoms with Gasteiger partial charge in [0.05, 0.1) is 17.7 Å². The molecule has 136 valence electrons. The van der Waals surface area contributed by atoms with Crippen LogP contribution >= 0.6 is 24.0 Å². The van der Waals surface area contributed by atoms with Crippen LogP contribution in [0, 0.1) is 0 Å². The molecule has 6 heteroatoms. The summed E-state index contributed by atoms with van der Waals surface area (Å²) in [5, 5.41) is 0. The van der Waals surface area contributed by atoms with Gasteiger partial charge in [0.15, 0.2) is 0 Å². The zero-order valence-corrected chi connectivity index (χ0v) is 16.3. The Balaban J connectivity index is 1.52. The second-order valence-electron chi connectivity index (χ2n) is 6.10. The van der Waals surface area contributed by atoms with Gasteiger partial charge in [0, 0.05) is 11.6 Å². The highest BCUT2D eigenvalue weighted by molar-refractivity contribution is 8.26. The van der Waals surface area contributed by atoms with Crippen LogP contribution in [0.4, 0.5) is 0 Å². The predicted octanol–water partition coefficient (Wildman–Crippen LogP) is 5.50. The Labute approximate surface area is 166 Å². The van der Waals surface area contributed by atoms with Crippen molar-refractivity contribution in [3.63, 3.8) is 0 Å². The Kier molecular flexibility index (Phi) is 5.01. The molecule has 4 nitrogen and oxygen atoms in total. The van der Waals surface area contributed by atoms with Crippen LogP contribution in [0.1, 0.15) is 24.0 Å². The van der Waals surface area contributed by atoms with E-state index in [0.29, 0.717) is 27.3 Å². The van der Waals surface area contributed by atoms with Gasteiger partial charge in [0.1, 0.15) is 21.6 Å². The first-order valence-corrected chi connectivity index (χ1v) is 9.83. The highest BCUT2D eigenvalue weighted by atomic mass is 32.2. The van der Waals surface area contributed by atoms with Crippen LogP contribution in [0.5, 0.6) is 0 Å². The molecule has 1 aliphatic heterocycles. The third kappa shape index (κ3) is 3.77. The monoisotopic (exact) mass is 395 g/mol. The van der Waals surface area contributed by atoms with Crippen LogP contribution < -0.4 is 0 Å². The summed E-state index contributed by atoms with van der Waals surface area (Å²) < 4.78 is 11.7. The van der Waals surface area contributed by atoms with E-state index >= 15 is 0 Å². The maximum atomic E-state index is 12.7. The van der Waals surface area contributed by atoms with Gasteiger partial charge in [0.2, 0.25) is 0 Å². The number of hydrogen-bond acceptors (Lipinski definition) is 5. The number of nitrogens with zero attached hydrogens (tertiary/aromatic N) is 1. The normalized spacial score (nSPS) is 15.9. The van der Waals surface area contributed by atoms with Crippen molar-refractivity contribution in [1.82, 2.24) is 4.90 Å². The molecule has 1 fully saturated rings. The fourth-order valence-electron chi connectivity index (χ4n) is 2.81. The van der Waals surface area contributed by atoms with E-state index in [4.69, 9.17) is 21.1 Å². The number of amides is 1. The summed E-state index contributed by atoms with van der Waals surface area (Å²) in [5.41, 5.74) is 2.29. The number of carbonyl (C=O) groups is 1. The van der Waals surface area contributed by atoms with Gasteiger partial charge in [-0.05, 0) is 36.2 Å². The molecule has 0 spiro atoms. The summed E-state index contributed by atoms with van der Waals surface area (Å²) in [6.07, 6.45) is 4.33. The van der Waals surface area contributed by atoms with Gasteiger partial charge in [-0.25, -0.2) is 0 Å². The average molecular weight is 396 g/mol. The molecule has 0 aliphatic carbocycles. The SMILES string of the molecule is CCc1ccc(-c2ccc(/C=C3/SC(=S)N(Cc4ccco4)C3=O)o2)cc1. The van der Waals surface area contributed by atoms with E-state index in [2.05, 4.69) is 19.1 Å². The molecule has 1 amide bonds. The molecule has 1 aromatic carbocycles. The van der Waals surface area contributed by atoms with E-state index in [1.54, 1.807) is 18.4 Å². The topological polar surface area (TPSA) is 46.6 Å². The molecule has 3 aromatic rings. The second-order valence-corrected chi connectivity index (χ2v) is 7.78. The van der Waals surface area contributed by atoms with Gasteiger partial charge in [0.25, 0.3) is 5.91 Å². The Bertz CT molecular complexity index is 1000. The summed E-state index contributed by atoms with van der Waals surface area (Å²) in [7, 11) is 0. The Morgan fingerprint density at radius 1 is 1.15 bits per heavy atom. The number of hydrogen-bond donors (Lipinski definition) is 0. The third-order valence-corrected chi connectivity index (χ3v) is 5.69. The Hall–Kier alpha value is -2.57. The molecule has 2 aromatic heterocycles. The van der Waals surface area contributed by atoms with Crippen LogP contribution in [0.15, 0.2) is 68.5 Å². The third-order valence-electron chi connectivity index (χ3n) is 4.31. The van der Waals surface area contributed by atoms with Gasteiger partial charge >= 0.3 is 0 Å². The lowest BCUT2D eigenvalue weighted by molar-refractivity contribution is -0.122. The van der Waals surface area contributed by atoms with Crippen molar-refractivity contribution < 1.29 is 13.6 Å². The van der Waals surface area contributed by atoms with Crippen LogP contribution in [-0.4, -0.2) is 15.1 Å². The minimum Gasteiger partial charge on any atom is -0.467 e. The lowest BCUT2D eigenvalue weighted by Crippen LogP contribution is -2.27. The first-order chi connectivity index (χ1) is 13.1. The van der Waals surface area contributed by atoms with Crippen molar-refractivity contribution in [1.29, 1.82) is 0 Å². The van der Waals surface area contributed by atoms with Gasteiger partial charge in [-0.15, -0.1) is 0 Å². The van der Waals surface area contributed by atoms with Crippen LogP contribution in [0.3, 0.4) is 0 Å². The van der Waals surface area contributed by atoms with Gasteiger partial charge < -0.3 is 8.83 Å². The average Bonchev–Trinajstić information content (AvgIpc) is 3.41. The van der Waals surface area contributed by atoms with Gasteiger partial charge in [-0.1, -0.05) is 55.2 Å². The van der Waals surface area contributed by atoms with Crippen molar-refractivity contribution in [3.8, 4) is 11.3 Å². The molecular weight excluding hydrogens is 378 g/mol. The molecule has 1 saturated heterocycles. The molecule has 0 bridgehead atoms. The number of thiocarbonyl (C=S) groups is 1. The van der Waals surface area contributed by atoms with Crippen molar-refractivity contribution in [2.75, 3.05) is 0 Å². The lowest BCUT2D eigenvalue weighted by Gasteiger charge is -2.11. The van der Waals surface area contributed by atoms with Crippen molar-refractivity contribution in [3.05, 3.63) is 76.8 Å². The van der Waals surface area contributed by atoms with Crippen molar-refractivity contribution >= 4 is 40.3 Å². The summed E-state index contributed by atoms with van der Waals surface area (Å²) >= 11 is 6.62. The fraction of sp³-hybridized carbons (Fsp3) is 0.143. The highest BCUT2D eigenvalue weighted by Crippen LogP contribution is 2.34. The maximum absolute atomic E-state index is 12.7. The van der Waals surface area contributed by atoms with E-state index in [1.165, 1.54) is 22.2 Å². The van der Waals surface area contributed by atoms with Crippen LogP contribution in [0.2, 0.25) is 0 Å². The Morgan fingerprint density at radius 3 is 2.67 bits per heavy atom. The van der Waals surface area contributed by atoms with E-state index in [1.807, 2.05) is 30.3 Å². The molecule has 0 radical (unpaired) electrons. The fourth-order valence-corrected chi connectivity index (χ4v) is 4.05. The van der Waals surface area contributed by atoms with E-state index < -0.39 is 0 Å². The van der Waals surface area contributed by atoms with Crippen molar-refractivity contribution in [2.45, 2.75) is 19.9 Å². The molecule has 0 saturated carbocycles. The minimum atomic E-state index is -0.133. The largest absolute Gasteiger partial charge is 0.467 e. The van der Waals surface area contributed by atoms with E-state index in [0.717, 1.165) is 17.7 Å². The Morgan fingerprint density at radius 2 is 1.96 bits per heavy atom. The number of rotatable bonds is 5. The maximum Gasteiger partial charge on any atom is 0.266 e. The number of furan rings is 2. The summed E-state index contributed by atoms with van der Waals surface area (Å²) in [5.74, 6) is 1.97. The molecular formula is C21H17NO3S2. The second kappa shape index (κ2) is 7.58. The molecule has 1 aliphatic rings. The zero-order valence-electron chi connectivity index (χ0n) is 14.7. The standard InChI is InChI=1S/C21H17NO3S2/c1-2-14-5-7-15(8-6-14)18-10-9-16(25-18)12-19-20(23)22(21(26)27-19)13-17-4-3-11-24-17/h3-12H,2,13H2,1H3/b19-12+. The molecule has 0 atom stereocenters. The smallest absolute Gasteiger partial charge is 0.266 e. The molecule has 4 rings (SSSR count). The summed E-state index contributed by atoms with van der Waals surface area (Å²) in [6, 6.07) is 15.7. The molecule has 27 heavy (non-hydrogen) atoms. The number of aryl methyl sites for hydroxylation is 1. The van der Waals surface area contributed by atoms with Gasteiger partial charge in [-0.3, -0.25) is 9.69 Å². The van der Waals surface area contributed by atoms with E-state index in [-0.39, 0.29) is 5.91 Å². The number of carbonyl (C=O) groups excluding carboxylic acids is 1. The quantitative estimate of drug-likeness (QED) is 0.421. The van der Waals surface area contributed by atoms with Gasteiger partial charge in [-0.2, -0.15) is 0 Å². The minimum absolute atomic E-state index is 0.133. The first-order valence-electron chi connectivity index (χ1n) is 8.61. The zero-order chi connectivity index (χ0) is 18.8. The van der Waals surface area contributed by atoms with Crippen LogP contribution in [0.25, 0.3) is 17.4 Å². The molecule has 3 heterocycles. The molecule has 0 N–H and O–H groups in total. The lowest BCUT2D eigenvalue weighted by atomic mass is 10.1. The predicted molar refractivity (Wildman–Crippen MR) is 111 cm³/mol. The molecule has 0 unspecified atom stereocenters. The van der Waals surface area contributed by atoms with E-state index in [9.17, 15) is 4.79 Å². The van der Waals surface area contributed by atoms with Crippen molar-refractivity contribution in [2.24, 2.45) is 0 Å². The summed E-state index contributed by atoms with van der Waals surface area (Å²) in [4.78, 5) is 14.7. The number of benzene rings is 1.